The number of piperidine rings is 1. The highest BCUT2D eigenvalue weighted by Gasteiger charge is 2.33. The second-order valence-electron chi connectivity index (χ2n) is 5.76. The van der Waals surface area contributed by atoms with Crippen LogP contribution in [0.25, 0.3) is 0 Å². The highest BCUT2D eigenvalue weighted by molar-refractivity contribution is 4.87. The van der Waals surface area contributed by atoms with E-state index in [1.807, 2.05) is 0 Å². The number of aliphatic hydroxyl groups is 1. The van der Waals surface area contributed by atoms with Gasteiger partial charge in [0.15, 0.2) is 0 Å². The van der Waals surface area contributed by atoms with Crippen molar-refractivity contribution >= 4 is 0 Å². The van der Waals surface area contributed by atoms with Gasteiger partial charge in [-0.25, -0.2) is 0 Å². The summed E-state index contributed by atoms with van der Waals surface area (Å²) in [6, 6.07) is 0.316. The molecule has 0 aromatic rings. The molecule has 94 valence electrons. The molecule has 0 aromatic heterocycles. The molecule has 1 heterocycles. The van der Waals surface area contributed by atoms with Gasteiger partial charge in [-0.1, -0.05) is 6.92 Å². The second-order valence-corrected chi connectivity index (χ2v) is 5.76. The largest absolute Gasteiger partial charge is 0.393 e. The van der Waals surface area contributed by atoms with E-state index < -0.39 is 0 Å². The monoisotopic (exact) mass is 226 g/mol. The van der Waals surface area contributed by atoms with Crippen LogP contribution in [0.15, 0.2) is 0 Å². The molecule has 3 unspecified atom stereocenters. The molecule has 3 atom stereocenters. The highest BCUT2D eigenvalue weighted by atomic mass is 16.3. The summed E-state index contributed by atoms with van der Waals surface area (Å²) < 4.78 is 0. The third-order valence-electron chi connectivity index (χ3n) is 3.93. The predicted octanol–water partition coefficient (Wildman–Crippen LogP) is 1.21. The van der Waals surface area contributed by atoms with E-state index >= 15 is 0 Å². The number of nitrogens with two attached hydrogens (primary N) is 1. The molecule has 0 bridgehead atoms. The first-order chi connectivity index (χ1) is 7.69. The van der Waals surface area contributed by atoms with Crippen LogP contribution in [-0.2, 0) is 0 Å². The van der Waals surface area contributed by atoms with Gasteiger partial charge in [0.25, 0.3) is 0 Å². The van der Waals surface area contributed by atoms with Gasteiger partial charge in [-0.3, -0.25) is 0 Å². The van der Waals surface area contributed by atoms with Crippen molar-refractivity contribution in [2.75, 3.05) is 19.6 Å². The summed E-state index contributed by atoms with van der Waals surface area (Å²) in [6.07, 6.45) is 5.68. The maximum atomic E-state index is 9.98. The zero-order valence-electron chi connectivity index (χ0n) is 10.4. The normalized spacial score (nSPS) is 33.9. The molecule has 0 spiro atoms. The van der Waals surface area contributed by atoms with Crippen LogP contribution in [0, 0.1) is 11.8 Å². The molecule has 1 aliphatic heterocycles. The third-order valence-corrected chi connectivity index (χ3v) is 3.93. The van der Waals surface area contributed by atoms with Crippen LogP contribution in [0.4, 0.5) is 0 Å². The van der Waals surface area contributed by atoms with Crippen molar-refractivity contribution in [3.8, 4) is 0 Å². The minimum atomic E-state index is -0.0567. The van der Waals surface area contributed by atoms with Crippen LogP contribution in [0.3, 0.4) is 0 Å². The van der Waals surface area contributed by atoms with Crippen molar-refractivity contribution in [2.24, 2.45) is 17.6 Å². The van der Waals surface area contributed by atoms with E-state index in [4.69, 9.17) is 5.73 Å². The van der Waals surface area contributed by atoms with Gasteiger partial charge in [0.2, 0.25) is 0 Å². The Hall–Kier alpha value is -0.120. The molecular formula is C13H26N2O. The molecule has 3 nitrogen and oxygen atoms in total. The molecule has 3 N–H and O–H groups in total. The number of likely N-dealkylation sites (tertiary alicyclic amines) is 1. The molecule has 2 fully saturated rings. The van der Waals surface area contributed by atoms with Crippen molar-refractivity contribution in [2.45, 2.75) is 51.2 Å². The molecule has 0 aromatic carbocycles. The van der Waals surface area contributed by atoms with Crippen LogP contribution in [0.1, 0.15) is 39.0 Å². The summed E-state index contributed by atoms with van der Waals surface area (Å²) in [4.78, 5) is 2.47. The van der Waals surface area contributed by atoms with Gasteiger partial charge in [-0.2, -0.15) is 0 Å². The molecule has 1 saturated heterocycles. The smallest absolute Gasteiger partial charge is 0.0571 e. The maximum Gasteiger partial charge on any atom is 0.0571 e. The van der Waals surface area contributed by atoms with Crippen LogP contribution < -0.4 is 5.73 Å². The van der Waals surface area contributed by atoms with Crippen LogP contribution in [-0.4, -0.2) is 41.8 Å². The molecule has 1 saturated carbocycles. The Morgan fingerprint density at radius 2 is 2.12 bits per heavy atom. The standard InChI is InChI=1S/C13H26N2O/c1-2-5-15-8-10(6-12(14)9-15)7-13(16)11-3-4-11/h10-13,16H,2-9,14H2,1H3. The summed E-state index contributed by atoms with van der Waals surface area (Å²) in [5, 5.41) is 9.98. The van der Waals surface area contributed by atoms with Gasteiger partial charge < -0.3 is 15.7 Å². The first kappa shape index (κ1) is 12.3. The van der Waals surface area contributed by atoms with E-state index in [0.29, 0.717) is 17.9 Å². The number of rotatable bonds is 5. The number of hydrogen-bond donors (Lipinski definition) is 2. The van der Waals surface area contributed by atoms with Crippen molar-refractivity contribution in [1.82, 2.24) is 4.90 Å². The van der Waals surface area contributed by atoms with Crippen molar-refractivity contribution in [3.63, 3.8) is 0 Å². The predicted molar refractivity (Wildman–Crippen MR) is 66.2 cm³/mol. The van der Waals surface area contributed by atoms with Crippen molar-refractivity contribution in [1.29, 1.82) is 0 Å². The summed E-state index contributed by atoms with van der Waals surface area (Å²) in [5.41, 5.74) is 6.09. The Morgan fingerprint density at radius 3 is 2.75 bits per heavy atom. The van der Waals surface area contributed by atoms with Crippen LogP contribution in [0.5, 0.6) is 0 Å². The lowest BCUT2D eigenvalue weighted by Crippen LogP contribution is -2.47. The molecule has 2 aliphatic rings. The average molecular weight is 226 g/mol. The zero-order chi connectivity index (χ0) is 11.5. The molecule has 2 rings (SSSR count). The highest BCUT2D eigenvalue weighted by Crippen LogP contribution is 2.36. The maximum absolute atomic E-state index is 9.98. The third kappa shape index (κ3) is 3.44. The topological polar surface area (TPSA) is 49.5 Å². The Morgan fingerprint density at radius 1 is 1.38 bits per heavy atom. The zero-order valence-corrected chi connectivity index (χ0v) is 10.4. The Bertz CT molecular complexity index is 218. The molecular weight excluding hydrogens is 200 g/mol. The van der Waals surface area contributed by atoms with E-state index in [0.717, 1.165) is 32.5 Å². The van der Waals surface area contributed by atoms with Gasteiger partial charge in [0.1, 0.15) is 0 Å². The van der Waals surface area contributed by atoms with E-state index in [1.54, 1.807) is 0 Å². The molecule has 3 heteroatoms. The summed E-state index contributed by atoms with van der Waals surface area (Å²) >= 11 is 0. The SMILES string of the molecule is CCCN1CC(N)CC(CC(O)C2CC2)C1. The first-order valence-corrected chi connectivity index (χ1v) is 6.85. The lowest BCUT2D eigenvalue weighted by atomic mass is 9.88. The van der Waals surface area contributed by atoms with Gasteiger partial charge in [0.05, 0.1) is 6.10 Å². The van der Waals surface area contributed by atoms with Gasteiger partial charge in [-0.05, 0) is 50.5 Å². The molecule has 0 radical (unpaired) electrons. The molecule has 1 aliphatic carbocycles. The lowest BCUT2D eigenvalue weighted by Gasteiger charge is -2.37. The number of hydrogen-bond acceptors (Lipinski definition) is 3. The summed E-state index contributed by atoms with van der Waals surface area (Å²) in [5.74, 6) is 1.23. The Kier molecular flexibility index (Phi) is 4.22. The lowest BCUT2D eigenvalue weighted by molar-refractivity contribution is 0.0807. The minimum Gasteiger partial charge on any atom is -0.393 e. The van der Waals surface area contributed by atoms with E-state index in [2.05, 4.69) is 11.8 Å². The first-order valence-electron chi connectivity index (χ1n) is 6.85. The quantitative estimate of drug-likeness (QED) is 0.741. The van der Waals surface area contributed by atoms with Crippen LogP contribution in [0.2, 0.25) is 0 Å². The number of nitrogens with zero attached hydrogens (tertiary/aromatic N) is 1. The van der Waals surface area contributed by atoms with Crippen molar-refractivity contribution < 1.29 is 5.11 Å². The fraction of sp³-hybridized carbons (Fsp3) is 1.00. The van der Waals surface area contributed by atoms with E-state index in [9.17, 15) is 5.11 Å². The summed E-state index contributed by atoms with van der Waals surface area (Å²) in [7, 11) is 0. The molecule has 0 amide bonds. The van der Waals surface area contributed by atoms with Gasteiger partial charge in [0, 0.05) is 19.1 Å². The van der Waals surface area contributed by atoms with E-state index in [1.165, 1.54) is 19.3 Å². The van der Waals surface area contributed by atoms with Crippen LogP contribution >= 0.6 is 0 Å². The van der Waals surface area contributed by atoms with Gasteiger partial charge >= 0.3 is 0 Å². The van der Waals surface area contributed by atoms with E-state index in [-0.39, 0.29) is 6.10 Å². The van der Waals surface area contributed by atoms with Gasteiger partial charge in [-0.15, -0.1) is 0 Å². The Balaban J connectivity index is 1.78. The second kappa shape index (κ2) is 5.48. The fourth-order valence-electron chi connectivity index (χ4n) is 3.03. The fourth-order valence-corrected chi connectivity index (χ4v) is 3.03. The van der Waals surface area contributed by atoms with Crippen molar-refractivity contribution in [3.05, 3.63) is 0 Å². The molecule has 16 heavy (non-hydrogen) atoms. The Labute approximate surface area is 99.0 Å². The summed E-state index contributed by atoms with van der Waals surface area (Å²) in [6.45, 7) is 5.56. The number of aliphatic hydroxyl groups excluding tert-OH is 1. The minimum absolute atomic E-state index is 0.0567. The average Bonchev–Trinajstić information content (AvgIpc) is 2.99.